The molecule has 1 heterocycles. The zero-order valence-corrected chi connectivity index (χ0v) is 11.5. The van der Waals surface area contributed by atoms with Crippen molar-refractivity contribution in [3.63, 3.8) is 0 Å². The van der Waals surface area contributed by atoms with Gasteiger partial charge in [-0.3, -0.25) is 4.79 Å². The highest BCUT2D eigenvalue weighted by Crippen LogP contribution is 2.25. The number of rotatable bonds is 3. The second-order valence-corrected chi connectivity index (χ2v) is 6.63. The van der Waals surface area contributed by atoms with Crippen molar-refractivity contribution in [2.24, 2.45) is 5.92 Å². The minimum Gasteiger partial charge on any atom is -0.300 e. The number of hydrogen-bond donors (Lipinski definition) is 0. The molecule has 0 N–H and O–H groups in total. The smallest absolute Gasteiger partial charge is 0.245 e. The van der Waals surface area contributed by atoms with Crippen LogP contribution < -0.4 is 0 Å². The fourth-order valence-electron chi connectivity index (χ4n) is 2.30. The van der Waals surface area contributed by atoms with Crippen LogP contribution in [0, 0.1) is 11.7 Å². The highest BCUT2D eigenvalue weighted by Gasteiger charge is 2.32. The van der Waals surface area contributed by atoms with E-state index in [1.165, 1.54) is 29.4 Å². The van der Waals surface area contributed by atoms with E-state index in [9.17, 15) is 17.6 Å². The summed E-state index contributed by atoms with van der Waals surface area (Å²) in [6, 6.07) is 5.35. The lowest BCUT2D eigenvalue weighted by Crippen LogP contribution is -2.40. The van der Waals surface area contributed by atoms with Gasteiger partial charge in [-0.15, -0.1) is 0 Å². The summed E-state index contributed by atoms with van der Waals surface area (Å²) >= 11 is 0. The van der Waals surface area contributed by atoms with Gasteiger partial charge in [-0.05, 0) is 31.9 Å². The van der Waals surface area contributed by atoms with E-state index in [1.54, 1.807) is 0 Å². The Morgan fingerprint density at radius 2 is 1.84 bits per heavy atom. The van der Waals surface area contributed by atoms with E-state index in [-0.39, 0.29) is 29.7 Å². The first-order valence-corrected chi connectivity index (χ1v) is 7.62. The van der Waals surface area contributed by atoms with E-state index < -0.39 is 15.8 Å². The molecule has 0 amide bonds. The van der Waals surface area contributed by atoms with Gasteiger partial charge in [0.05, 0.1) is 0 Å². The van der Waals surface area contributed by atoms with Crippen LogP contribution in [0.4, 0.5) is 4.39 Å². The van der Waals surface area contributed by atoms with E-state index in [2.05, 4.69) is 0 Å². The Balaban J connectivity index is 2.19. The van der Waals surface area contributed by atoms with Crippen molar-refractivity contribution in [2.45, 2.75) is 24.7 Å². The van der Waals surface area contributed by atoms with Gasteiger partial charge in [0.25, 0.3) is 0 Å². The topological polar surface area (TPSA) is 54.5 Å². The minimum atomic E-state index is -3.79. The van der Waals surface area contributed by atoms with Crippen LogP contribution in [0.25, 0.3) is 0 Å². The third-order valence-electron chi connectivity index (χ3n) is 3.48. The predicted octanol–water partition coefficient (Wildman–Crippen LogP) is 1.82. The molecule has 1 aliphatic heterocycles. The molecule has 6 heteroatoms. The van der Waals surface area contributed by atoms with Crippen LogP contribution in [0.5, 0.6) is 0 Å². The zero-order chi connectivity index (χ0) is 14.0. The van der Waals surface area contributed by atoms with E-state index >= 15 is 0 Å². The Morgan fingerprint density at radius 3 is 2.37 bits per heavy atom. The maximum absolute atomic E-state index is 13.6. The van der Waals surface area contributed by atoms with Gasteiger partial charge >= 0.3 is 0 Å². The van der Waals surface area contributed by atoms with Crippen molar-refractivity contribution in [1.82, 2.24) is 4.31 Å². The van der Waals surface area contributed by atoms with Crippen molar-refractivity contribution >= 4 is 15.8 Å². The van der Waals surface area contributed by atoms with E-state index in [4.69, 9.17) is 0 Å². The van der Waals surface area contributed by atoms with Gasteiger partial charge in [-0.2, -0.15) is 4.31 Å². The predicted molar refractivity (Wildman–Crippen MR) is 68.6 cm³/mol. The molecule has 1 aliphatic rings. The Morgan fingerprint density at radius 1 is 1.26 bits per heavy atom. The Bertz CT molecular complexity index is 577. The summed E-state index contributed by atoms with van der Waals surface area (Å²) in [7, 11) is -3.79. The lowest BCUT2D eigenvalue weighted by Gasteiger charge is -2.30. The van der Waals surface area contributed by atoms with Crippen molar-refractivity contribution in [1.29, 1.82) is 0 Å². The second kappa shape index (κ2) is 5.38. The number of carbonyl (C=O) groups excluding carboxylic acids is 1. The van der Waals surface area contributed by atoms with Crippen LogP contribution in [-0.2, 0) is 14.8 Å². The van der Waals surface area contributed by atoms with Crippen LogP contribution in [0.15, 0.2) is 29.2 Å². The molecule has 0 saturated carbocycles. The molecule has 0 atom stereocenters. The van der Waals surface area contributed by atoms with E-state index in [1.807, 2.05) is 0 Å². The van der Waals surface area contributed by atoms with Crippen molar-refractivity contribution in [2.75, 3.05) is 13.1 Å². The maximum atomic E-state index is 13.6. The summed E-state index contributed by atoms with van der Waals surface area (Å²) in [5, 5.41) is 0. The van der Waals surface area contributed by atoms with E-state index in [0.29, 0.717) is 12.8 Å². The molecular weight excluding hydrogens is 269 g/mol. The van der Waals surface area contributed by atoms with Gasteiger partial charge in [0, 0.05) is 19.0 Å². The number of hydrogen-bond acceptors (Lipinski definition) is 3. The van der Waals surface area contributed by atoms with Gasteiger partial charge < -0.3 is 0 Å². The normalized spacial score (nSPS) is 18.4. The zero-order valence-electron chi connectivity index (χ0n) is 10.7. The lowest BCUT2D eigenvalue weighted by molar-refractivity contribution is -0.121. The first-order valence-electron chi connectivity index (χ1n) is 6.18. The molecule has 0 aromatic heterocycles. The summed E-state index contributed by atoms with van der Waals surface area (Å²) < 4.78 is 39.4. The first-order chi connectivity index (χ1) is 8.93. The molecule has 1 fully saturated rings. The van der Waals surface area contributed by atoms with Crippen molar-refractivity contribution in [3.05, 3.63) is 30.1 Å². The summed E-state index contributed by atoms with van der Waals surface area (Å²) in [5.41, 5.74) is 0. The molecule has 0 bridgehead atoms. The first kappa shape index (κ1) is 14.1. The summed E-state index contributed by atoms with van der Waals surface area (Å²) in [6.07, 6.45) is 1.01. The quantitative estimate of drug-likeness (QED) is 0.851. The standard InChI is InChI=1S/C13H16FNO3S/c1-10(16)11-6-8-15(9-7-11)19(17,18)13-5-3-2-4-12(13)14/h2-5,11H,6-9H2,1H3. The lowest BCUT2D eigenvalue weighted by atomic mass is 9.95. The molecule has 0 unspecified atom stereocenters. The molecule has 1 saturated heterocycles. The molecule has 0 aliphatic carbocycles. The molecule has 0 spiro atoms. The number of Topliss-reactive ketones (excluding diaryl/α,β-unsaturated/α-hetero) is 1. The number of halogens is 1. The van der Waals surface area contributed by atoms with Gasteiger partial charge in [-0.1, -0.05) is 12.1 Å². The van der Waals surface area contributed by atoms with Crippen LogP contribution in [0.2, 0.25) is 0 Å². The van der Waals surface area contributed by atoms with Crippen LogP contribution in [0.1, 0.15) is 19.8 Å². The Labute approximate surface area is 112 Å². The minimum absolute atomic E-state index is 0.0768. The number of sulfonamides is 1. The van der Waals surface area contributed by atoms with Crippen molar-refractivity contribution < 1.29 is 17.6 Å². The Kier molecular flexibility index (Phi) is 4.01. The van der Waals surface area contributed by atoms with Crippen molar-refractivity contribution in [3.8, 4) is 0 Å². The average Bonchev–Trinajstić information content (AvgIpc) is 2.39. The van der Waals surface area contributed by atoms with Gasteiger partial charge in [-0.25, -0.2) is 12.8 Å². The fraction of sp³-hybridized carbons (Fsp3) is 0.462. The fourth-order valence-corrected chi connectivity index (χ4v) is 3.83. The summed E-state index contributed by atoms with van der Waals surface area (Å²) in [4.78, 5) is 11.0. The molecule has 0 radical (unpaired) electrons. The summed E-state index contributed by atoms with van der Waals surface area (Å²) in [6.45, 7) is 2.05. The molecule has 1 aromatic rings. The number of carbonyl (C=O) groups is 1. The molecular formula is C13H16FNO3S. The van der Waals surface area contributed by atoms with E-state index in [0.717, 1.165) is 6.07 Å². The van der Waals surface area contributed by atoms with Gasteiger partial charge in [0.15, 0.2) is 0 Å². The SMILES string of the molecule is CC(=O)C1CCN(S(=O)(=O)c2ccccc2F)CC1. The number of benzene rings is 1. The second-order valence-electron chi connectivity index (χ2n) is 4.72. The van der Waals surface area contributed by atoms with Crippen LogP contribution >= 0.6 is 0 Å². The third-order valence-corrected chi connectivity index (χ3v) is 5.42. The highest BCUT2D eigenvalue weighted by molar-refractivity contribution is 7.89. The van der Waals surface area contributed by atoms with Crippen LogP contribution in [0.3, 0.4) is 0 Å². The molecule has 2 rings (SSSR count). The number of nitrogens with zero attached hydrogens (tertiary/aromatic N) is 1. The molecule has 19 heavy (non-hydrogen) atoms. The number of piperidine rings is 1. The average molecular weight is 285 g/mol. The third kappa shape index (κ3) is 2.84. The number of ketones is 1. The molecule has 104 valence electrons. The maximum Gasteiger partial charge on any atom is 0.245 e. The van der Waals surface area contributed by atoms with Crippen LogP contribution in [-0.4, -0.2) is 31.6 Å². The van der Waals surface area contributed by atoms with Gasteiger partial charge in [0.1, 0.15) is 16.5 Å². The molecule has 1 aromatic carbocycles. The monoisotopic (exact) mass is 285 g/mol. The largest absolute Gasteiger partial charge is 0.300 e. The Hall–Kier alpha value is -1.27. The molecule has 4 nitrogen and oxygen atoms in total. The van der Waals surface area contributed by atoms with Gasteiger partial charge in [0.2, 0.25) is 10.0 Å². The highest BCUT2D eigenvalue weighted by atomic mass is 32.2. The summed E-state index contributed by atoms with van der Waals surface area (Å²) in [5.74, 6) is -0.730.